The Morgan fingerprint density at radius 3 is 2.31 bits per heavy atom. The third kappa shape index (κ3) is 5.70. The lowest BCUT2D eigenvalue weighted by Gasteiger charge is -2.19. The minimum Gasteiger partial charge on any atom is -0.356 e. The van der Waals surface area contributed by atoms with Gasteiger partial charge in [0.2, 0.25) is 5.13 Å². The molecular formula is C11H21N3S2. The predicted molar refractivity (Wildman–Crippen MR) is 74.3 cm³/mol. The molecule has 3 nitrogen and oxygen atoms in total. The summed E-state index contributed by atoms with van der Waals surface area (Å²) in [6, 6.07) is 0. The van der Waals surface area contributed by atoms with Crippen molar-refractivity contribution >= 4 is 28.4 Å². The first-order valence-electron chi connectivity index (χ1n) is 5.40. The third-order valence-corrected chi connectivity index (χ3v) is 3.52. The van der Waals surface area contributed by atoms with Crippen LogP contribution in [0.5, 0.6) is 0 Å². The van der Waals surface area contributed by atoms with Crippen LogP contribution in [0.1, 0.15) is 47.4 Å². The van der Waals surface area contributed by atoms with Crippen LogP contribution in [0.3, 0.4) is 0 Å². The summed E-state index contributed by atoms with van der Waals surface area (Å²) in [4.78, 5) is 4.47. The molecule has 0 spiro atoms. The molecule has 0 aliphatic rings. The highest BCUT2D eigenvalue weighted by Gasteiger charge is 2.15. The van der Waals surface area contributed by atoms with Gasteiger partial charge in [-0.2, -0.15) is 4.37 Å². The van der Waals surface area contributed by atoms with Crippen LogP contribution in [0.25, 0.3) is 0 Å². The average Bonchev–Trinajstić information content (AvgIpc) is 2.44. The van der Waals surface area contributed by atoms with Crippen molar-refractivity contribution in [1.29, 1.82) is 0 Å². The summed E-state index contributed by atoms with van der Waals surface area (Å²) >= 11 is 3.31. The van der Waals surface area contributed by atoms with Crippen molar-refractivity contribution in [2.24, 2.45) is 0 Å². The number of nitrogens with zero attached hydrogens (tertiary/aromatic N) is 2. The molecule has 0 aliphatic carbocycles. The van der Waals surface area contributed by atoms with Gasteiger partial charge in [0.05, 0.1) is 5.75 Å². The summed E-state index contributed by atoms with van der Waals surface area (Å²) in [5, 5.41) is 4.25. The van der Waals surface area contributed by atoms with E-state index in [0.29, 0.717) is 0 Å². The van der Waals surface area contributed by atoms with Crippen LogP contribution in [0, 0.1) is 0 Å². The topological polar surface area (TPSA) is 37.8 Å². The Hall–Kier alpha value is -0.290. The monoisotopic (exact) mass is 259 g/mol. The van der Waals surface area contributed by atoms with Crippen LogP contribution in [0.4, 0.5) is 5.13 Å². The van der Waals surface area contributed by atoms with Gasteiger partial charge in [0.1, 0.15) is 0 Å². The van der Waals surface area contributed by atoms with Crippen LogP contribution in [0.2, 0.25) is 0 Å². The Balaban J connectivity index is 2.52. The second kappa shape index (κ2) is 4.92. The molecule has 0 radical (unpaired) electrons. The van der Waals surface area contributed by atoms with Crippen molar-refractivity contribution in [2.75, 3.05) is 5.32 Å². The molecule has 0 aromatic carbocycles. The molecule has 0 atom stereocenters. The van der Waals surface area contributed by atoms with E-state index in [1.807, 2.05) is 11.8 Å². The van der Waals surface area contributed by atoms with Crippen LogP contribution in [-0.2, 0) is 5.75 Å². The molecule has 1 heterocycles. The summed E-state index contributed by atoms with van der Waals surface area (Å²) in [6.07, 6.45) is 0. The maximum atomic E-state index is 4.47. The van der Waals surface area contributed by atoms with E-state index in [-0.39, 0.29) is 10.3 Å². The van der Waals surface area contributed by atoms with E-state index in [0.717, 1.165) is 16.7 Å². The molecule has 16 heavy (non-hydrogen) atoms. The summed E-state index contributed by atoms with van der Waals surface area (Å²) < 4.78 is 4.62. The van der Waals surface area contributed by atoms with Crippen molar-refractivity contribution < 1.29 is 0 Å². The first kappa shape index (κ1) is 13.8. The van der Waals surface area contributed by atoms with Gasteiger partial charge in [-0.1, -0.05) is 20.8 Å². The number of hydrogen-bond acceptors (Lipinski definition) is 5. The fourth-order valence-corrected chi connectivity index (χ4v) is 2.53. The van der Waals surface area contributed by atoms with E-state index in [1.165, 1.54) is 11.5 Å². The van der Waals surface area contributed by atoms with Gasteiger partial charge in [0.15, 0.2) is 5.82 Å². The largest absolute Gasteiger partial charge is 0.356 e. The van der Waals surface area contributed by atoms with Gasteiger partial charge in [-0.15, -0.1) is 11.8 Å². The van der Waals surface area contributed by atoms with E-state index in [2.05, 4.69) is 56.2 Å². The number of hydrogen-bond donors (Lipinski definition) is 1. The van der Waals surface area contributed by atoms with Gasteiger partial charge >= 0.3 is 0 Å². The second-order valence-corrected chi connectivity index (χ2v) is 8.35. The van der Waals surface area contributed by atoms with Crippen LogP contribution < -0.4 is 5.32 Å². The van der Waals surface area contributed by atoms with Gasteiger partial charge in [0.25, 0.3) is 0 Å². The highest BCUT2D eigenvalue weighted by Crippen LogP contribution is 2.27. The number of rotatable bonds is 3. The van der Waals surface area contributed by atoms with Crippen LogP contribution in [0.15, 0.2) is 0 Å². The lowest BCUT2D eigenvalue weighted by molar-refractivity contribution is 0.633. The Morgan fingerprint density at radius 2 is 1.81 bits per heavy atom. The molecule has 0 saturated carbocycles. The van der Waals surface area contributed by atoms with Gasteiger partial charge in [0, 0.05) is 21.8 Å². The van der Waals surface area contributed by atoms with Crippen molar-refractivity contribution in [3.63, 3.8) is 0 Å². The Labute approximate surface area is 107 Å². The zero-order chi connectivity index (χ0) is 12.4. The van der Waals surface area contributed by atoms with E-state index in [9.17, 15) is 0 Å². The SMILES string of the molecule is CC(C)(C)Nc1nc(CSC(C)(C)C)ns1. The Kier molecular flexibility index (Phi) is 4.23. The van der Waals surface area contributed by atoms with Gasteiger partial charge < -0.3 is 5.32 Å². The van der Waals surface area contributed by atoms with E-state index in [1.54, 1.807) is 0 Å². The molecule has 0 bridgehead atoms. The molecule has 5 heteroatoms. The maximum Gasteiger partial charge on any atom is 0.203 e. The minimum atomic E-state index is 0.0496. The van der Waals surface area contributed by atoms with Crippen LogP contribution >= 0.6 is 23.3 Å². The molecule has 0 amide bonds. The molecular weight excluding hydrogens is 238 g/mol. The predicted octanol–water partition coefficient (Wildman–Crippen LogP) is 3.78. The van der Waals surface area contributed by atoms with Crippen LogP contribution in [-0.4, -0.2) is 19.6 Å². The van der Waals surface area contributed by atoms with E-state index >= 15 is 0 Å². The molecule has 1 rings (SSSR count). The Bertz CT molecular complexity index is 334. The zero-order valence-corrected chi connectivity index (χ0v) is 12.6. The molecule has 0 aliphatic heterocycles. The third-order valence-electron chi connectivity index (χ3n) is 1.58. The molecule has 1 N–H and O–H groups in total. The van der Waals surface area contributed by atoms with Crippen molar-refractivity contribution in [3.05, 3.63) is 5.82 Å². The zero-order valence-electron chi connectivity index (χ0n) is 10.9. The fraction of sp³-hybridized carbons (Fsp3) is 0.818. The molecule has 0 fully saturated rings. The highest BCUT2D eigenvalue weighted by atomic mass is 32.2. The maximum absolute atomic E-state index is 4.47. The minimum absolute atomic E-state index is 0.0496. The van der Waals surface area contributed by atoms with Crippen molar-refractivity contribution in [2.45, 2.75) is 57.6 Å². The number of nitrogens with one attached hydrogen (secondary N) is 1. The number of anilines is 1. The first-order valence-corrected chi connectivity index (χ1v) is 7.16. The summed E-state index contributed by atoms with van der Waals surface area (Å²) in [5.74, 6) is 1.81. The normalized spacial score (nSPS) is 12.9. The number of aromatic nitrogens is 2. The van der Waals surface area contributed by atoms with Crippen molar-refractivity contribution in [3.8, 4) is 0 Å². The summed E-state index contributed by atoms with van der Waals surface area (Å²) in [6.45, 7) is 13.0. The second-order valence-electron chi connectivity index (χ2n) is 5.79. The van der Waals surface area contributed by atoms with E-state index < -0.39 is 0 Å². The van der Waals surface area contributed by atoms with Crippen molar-refractivity contribution in [1.82, 2.24) is 9.36 Å². The molecule has 0 saturated heterocycles. The highest BCUT2D eigenvalue weighted by molar-refractivity contribution is 7.99. The molecule has 92 valence electrons. The number of thioether (sulfide) groups is 1. The quantitative estimate of drug-likeness (QED) is 0.896. The average molecular weight is 259 g/mol. The smallest absolute Gasteiger partial charge is 0.203 e. The fourth-order valence-electron chi connectivity index (χ4n) is 0.965. The first-order chi connectivity index (χ1) is 7.16. The lowest BCUT2D eigenvalue weighted by atomic mass is 10.1. The van der Waals surface area contributed by atoms with E-state index in [4.69, 9.17) is 0 Å². The van der Waals surface area contributed by atoms with Gasteiger partial charge in [-0.05, 0) is 20.8 Å². The summed E-state index contributed by atoms with van der Waals surface area (Å²) in [5.41, 5.74) is 0.0496. The van der Waals surface area contributed by atoms with Gasteiger partial charge in [-0.3, -0.25) is 0 Å². The Morgan fingerprint density at radius 1 is 1.19 bits per heavy atom. The molecule has 0 unspecified atom stereocenters. The van der Waals surface area contributed by atoms with Gasteiger partial charge in [-0.25, -0.2) is 4.98 Å². The molecule has 1 aromatic heterocycles. The summed E-state index contributed by atoms with van der Waals surface area (Å²) in [7, 11) is 0. The standard InChI is InChI=1S/C11H21N3S2/c1-10(2,3)13-9-12-8(14-16-9)7-15-11(4,5)6/h7H2,1-6H3,(H,12,13,14). The lowest BCUT2D eigenvalue weighted by Crippen LogP contribution is -2.25. The molecule has 1 aromatic rings.